The number of ether oxygens (including phenoxy) is 1. The van der Waals surface area contributed by atoms with E-state index in [9.17, 15) is 4.79 Å². The van der Waals surface area contributed by atoms with Crippen LogP contribution in [-0.4, -0.2) is 29.6 Å². The van der Waals surface area contributed by atoms with Crippen molar-refractivity contribution in [1.29, 1.82) is 0 Å². The van der Waals surface area contributed by atoms with Gasteiger partial charge in [-0.3, -0.25) is 9.78 Å². The fourth-order valence-electron chi connectivity index (χ4n) is 1.88. The summed E-state index contributed by atoms with van der Waals surface area (Å²) in [5.74, 6) is -0.0650. The van der Waals surface area contributed by atoms with Crippen molar-refractivity contribution in [2.45, 2.75) is 31.6 Å². The van der Waals surface area contributed by atoms with Gasteiger partial charge in [-0.15, -0.1) is 0 Å². The van der Waals surface area contributed by atoms with Crippen LogP contribution in [0.15, 0.2) is 24.5 Å². The molecule has 92 valence electrons. The zero-order chi connectivity index (χ0) is 12.1. The average Bonchev–Trinajstić information content (AvgIpc) is 2.86. The molecule has 0 aliphatic carbocycles. The Kier molecular flexibility index (Phi) is 4.06. The summed E-state index contributed by atoms with van der Waals surface area (Å²) in [5.41, 5.74) is 6.48. The van der Waals surface area contributed by atoms with E-state index in [1.54, 1.807) is 12.4 Å². The molecule has 0 saturated carbocycles. The van der Waals surface area contributed by atoms with E-state index >= 15 is 0 Å². The summed E-state index contributed by atoms with van der Waals surface area (Å²) in [4.78, 5) is 15.8. The molecular weight excluding hydrogens is 218 g/mol. The Balaban J connectivity index is 1.78. The Morgan fingerprint density at radius 1 is 1.59 bits per heavy atom. The fourth-order valence-corrected chi connectivity index (χ4v) is 1.88. The lowest BCUT2D eigenvalue weighted by molar-refractivity contribution is -0.132. The van der Waals surface area contributed by atoms with Crippen LogP contribution in [0.1, 0.15) is 18.4 Å². The molecule has 3 N–H and O–H groups in total. The minimum absolute atomic E-state index is 0.0316. The van der Waals surface area contributed by atoms with Crippen LogP contribution in [0.4, 0.5) is 0 Å². The molecule has 2 unspecified atom stereocenters. The molecule has 2 heterocycles. The minimum Gasteiger partial charge on any atom is -0.364 e. The van der Waals surface area contributed by atoms with Gasteiger partial charge in [-0.05, 0) is 24.5 Å². The van der Waals surface area contributed by atoms with Gasteiger partial charge in [0, 0.05) is 25.5 Å². The fraction of sp³-hybridized carbons (Fsp3) is 0.500. The zero-order valence-electron chi connectivity index (χ0n) is 9.63. The second-order valence-corrected chi connectivity index (χ2v) is 4.14. The van der Waals surface area contributed by atoms with Gasteiger partial charge in [0.25, 0.3) is 0 Å². The number of hydrogen-bond donors (Lipinski definition) is 2. The van der Waals surface area contributed by atoms with Crippen molar-refractivity contribution in [2.24, 2.45) is 5.73 Å². The first-order chi connectivity index (χ1) is 8.29. The molecule has 1 amide bonds. The number of nitrogens with one attached hydrogen (secondary N) is 1. The van der Waals surface area contributed by atoms with Gasteiger partial charge in [-0.2, -0.15) is 0 Å². The van der Waals surface area contributed by atoms with E-state index in [0.717, 1.165) is 18.4 Å². The number of carbonyl (C=O) groups is 1. The first kappa shape index (κ1) is 12.0. The van der Waals surface area contributed by atoms with Gasteiger partial charge in [-0.1, -0.05) is 6.07 Å². The molecule has 1 aromatic rings. The van der Waals surface area contributed by atoms with Crippen LogP contribution in [0.3, 0.4) is 0 Å². The largest absolute Gasteiger partial charge is 0.364 e. The standard InChI is InChI=1S/C12H17N3O2/c13-6-10-3-4-11(17-10)12(16)15-8-9-2-1-5-14-7-9/h1-2,5,7,10-11H,3-4,6,8,13H2,(H,15,16). The van der Waals surface area contributed by atoms with Crippen molar-refractivity contribution in [2.75, 3.05) is 6.54 Å². The Hall–Kier alpha value is -1.46. The molecule has 0 bridgehead atoms. The summed E-state index contributed by atoms with van der Waals surface area (Å²) in [6.45, 7) is 0.964. The molecule has 0 aromatic carbocycles. The summed E-state index contributed by atoms with van der Waals surface area (Å²) in [6.07, 6.45) is 4.74. The molecule has 1 aliphatic heterocycles. The molecule has 0 spiro atoms. The highest BCUT2D eigenvalue weighted by molar-refractivity contribution is 5.80. The van der Waals surface area contributed by atoms with Gasteiger partial charge < -0.3 is 15.8 Å². The molecule has 1 fully saturated rings. The van der Waals surface area contributed by atoms with Crippen molar-refractivity contribution in [3.05, 3.63) is 30.1 Å². The van der Waals surface area contributed by atoms with Crippen LogP contribution >= 0.6 is 0 Å². The normalized spacial score (nSPS) is 23.6. The molecule has 5 nitrogen and oxygen atoms in total. The maximum atomic E-state index is 11.8. The topological polar surface area (TPSA) is 77.2 Å². The lowest BCUT2D eigenvalue weighted by Crippen LogP contribution is -2.35. The van der Waals surface area contributed by atoms with Gasteiger partial charge in [0.15, 0.2) is 0 Å². The van der Waals surface area contributed by atoms with E-state index in [1.165, 1.54) is 0 Å². The highest BCUT2D eigenvalue weighted by atomic mass is 16.5. The number of amides is 1. The predicted octanol–water partition coefficient (Wildman–Crippen LogP) is 0.204. The van der Waals surface area contributed by atoms with Crippen molar-refractivity contribution in [1.82, 2.24) is 10.3 Å². The monoisotopic (exact) mass is 235 g/mol. The summed E-state index contributed by atoms with van der Waals surface area (Å²) in [7, 11) is 0. The lowest BCUT2D eigenvalue weighted by Gasteiger charge is -2.12. The number of carbonyl (C=O) groups excluding carboxylic acids is 1. The SMILES string of the molecule is NCC1CCC(C(=O)NCc2cccnc2)O1. The summed E-state index contributed by atoms with van der Waals surface area (Å²) in [6, 6.07) is 3.77. The number of nitrogens with zero attached hydrogens (tertiary/aromatic N) is 1. The quantitative estimate of drug-likeness (QED) is 0.781. The maximum Gasteiger partial charge on any atom is 0.249 e. The highest BCUT2D eigenvalue weighted by Gasteiger charge is 2.29. The third kappa shape index (κ3) is 3.25. The first-order valence-corrected chi connectivity index (χ1v) is 5.81. The highest BCUT2D eigenvalue weighted by Crippen LogP contribution is 2.18. The molecule has 1 aliphatic rings. The van der Waals surface area contributed by atoms with E-state index < -0.39 is 0 Å². The van der Waals surface area contributed by atoms with E-state index in [-0.39, 0.29) is 18.1 Å². The van der Waals surface area contributed by atoms with Gasteiger partial charge in [0.2, 0.25) is 5.91 Å². The predicted molar refractivity (Wildman–Crippen MR) is 63.0 cm³/mol. The van der Waals surface area contributed by atoms with Gasteiger partial charge in [0.1, 0.15) is 6.10 Å². The summed E-state index contributed by atoms with van der Waals surface area (Å²) in [5, 5.41) is 2.84. The Morgan fingerprint density at radius 2 is 2.47 bits per heavy atom. The first-order valence-electron chi connectivity index (χ1n) is 5.81. The van der Waals surface area contributed by atoms with Crippen molar-refractivity contribution >= 4 is 5.91 Å². The van der Waals surface area contributed by atoms with Gasteiger partial charge in [0.05, 0.1) is 6.10 Å². The van der Waals surface area contributed by atoms with Crippen LogP contribution in [0, 0.1) is 0 Å². The number of aromatic nitrogens is 1. The van der Waals surface area contributed by atoms with Crippen molar-refractivity contribution < 1.29 is 9.53 Å². The lowest BCUT2D eigenvalue weighted by atomic mass is 10.2. The van der Waals surface area contributed by atoms with E-state index in [1.807, 2.05) is 12.1 Å². The summed E-state index contributed by atoms with van der Waals surface area (Å²) < 4.78 is 5.51. The third-order valence-electron chi connectivity index (χ3n) is 2.85. The molecule has 1 aromatic heterocycles. The molecule has 5 heteroatoms. The smallest absolute Gasteiger partial charge is 0.249 e. The third-order valence-corrected chi connectivity index (χ3v) is 2.85. The van der Waals surface area contributed by atoms with Gasteiger partial charge in [-0.25, -0.2) is 0 Å². The number of rotatable bonds is 4. The zero-order valence-corrected chi connectivity index (χ0v) is 9.63. The second kappa shape index (κ2) is 5.75. The van der Waals surface area contributed by atoms with E-state index in [0.29, 0.717) is 13.1 Å². The summed E-state index contributed by atoms with van der Waals surface area (Å²) >= 11 is 0. The molecule has 17 heavy (non-hydrogen) atoms. The van der Waals surface area contributed by atoms with Crippen LogP contribution in [0.25, 0.3) is 0 Å². The number of hydrogen-bond acceptors (Lipinski definition) is 4. The molecular formula is C12H17N3O2. The molecule has 2 rings (SSSR count). The van der Waals surface area contributed by atoms with E-state index in [4.69, 9.17) is 10.5 Å². The van der Waals surface area contributed by atoms with Crippen molar-refractivity contribution in [3.8, 4) is 0 Å². The van der Waals surface area contributed by atoms with Crippen LogP contribution < -0.4 is 11.1 Å². The Morgan fingerprint density at radius 3 is 3.12 bits per heavy atom. The van der Waals surface area contributed by atoms with Crippen LogP contribution in [-0.2, 0) is 16.1 Å². The van der Waals surface area contributed by atoms with Crippen LogP contribution in [0.2, 0.25) is 0 Å². The average molecular weight is 235 g/mol. The minimum atomic E-state index is -0.347. The van der Waals surface area contributed by atoms with E-state index in [2.05, 4.69) is 10.3 Å². The maximum absolute atomic E-state index is 11.8. The number of pyridine rings is 1. The molecule has 1 saturated heterocycles. The van der Waals surface area contributed by atoms with Gasteiger partial charge >= 0.3 is 0 Å². The second-order valence-electron chi connectivity index (χ2n) is 4.14. The van der Waals surface area contributed by atoms with Crippen molar-refractivity contribution in [3.63, 3.8) is 0 Å². The Bertz CT molecular complexity index is 369. The number of nitrogens with two attached hydrogens (primary N) is 1. The molecule has 0 radical (unpaired) electrons. The molecule has 2 atom stereocenters. The Labute approximate surface area is 100 Å². The van der Waals surface area contributed by atoms with Crippen LogP contribution in [0.5, 0.6) is 0 Å².